The van der Waals surface area contributed by atoms with Crippen molar-refractivity contribution in [2.75, 3.05) is 44.2 Å². The van der Waals surface area contributed by atoms with Crippen molar-refractivity contribution in [3.63, 3.8) is 0 Å². The molecule has 0 bridgehead atoms. The lowest BCUT2D eigenvalue weighted by Crippen LogP contribution is -2.53. The molecular formula is C18H25N3O3. The number of carbonyl (C=O) groups is 2. The maximum absolute atomic E-state index is 12.9. The number of hydrogen-bond donors (Lipinski definition) is 1. The third-order valence-corrected chi connectivity index (χ3v) is 5.00. The number of para-hydroxylation sites is 1. The van der Waals surface area contributed by atoms with E-state index in [2.05, 4.69) is 9.80 Å². The van der Waals surface area contributed by atoms with Gasteiger partial charge in [0, 0.05) is 32.7 Å². The second-order valence-corrected chi connectivity index (χ2v) is 6.37. The summed E-state index contributed by atoms with van der Waals surface area (Å²) in [6.45, 7) is 6.01. The van der Waals surface area contributed by atoms with Crippen molar-refractivity contribution in [1.82, 2.24) is 9.80 Å². The molecule has 1 N–H and O–H groups in total. The molecule has 2 aliphatic heterocycles. The number of nitrogens with zero attached hydrogens (tertiary/aromatic N) is 3. The summed E-state index contributed by atoms with van der Waals surface area (Å²) >= 11 is 0. The molecule has 1 aromatic carbocycles. The minimum absolute atomic E-state index is 0.100. The Morgan fingerprint density at radius 2 is 1.83 bits per heavy atom. The van der Waals surface area contributed by atoms with Gasteiger partial charge >= 0.3 is 0 Å². The van der Waals surface area contributed by atoms with Gasteiger partial charge < -0.3 is 5.11 Å². The van der Waals surface area contributed by atoms with Crippen LogP contribution in [0.25, 0.3) is 0 Å². The molecule has 0 spiro atoms. The number of piperazine rings is 1. The van der Waals surface area contributed by atoms with Crippen molar-refractivity contribution >= 4 is 17.5 Å². The number of benzene rings is 1. The molecule has 6 heteroatoms. The Labute approximate surface area is 142 Å². The summed E-state index contributed by atoms with van der Waals surface area (Å²) in [5.41, 5.74) is 1.75. The van der Waals surface area contributed by atoms with Crippen molar-refractivity contribution < 1.29 is 14.7 Å². The van der Waals surface area contributed by atoms with Gasteiger partial charge in [0.1, 0.15) is 0 Å². The van der Waals surface area contributed by atoms with Gasteiger partial charge in [0.2, 0.25) is 5.91 Å². The van der Waals surface area contributed by atoms with Crippen molar-refractivity contribution in [3.05, 3.63) is 29.8 Å². The molecule has 2 fully saturated rings. The molecule has 2 amide bonds. The fraction of sp³-hybridized carbons (Fsp3) is 0.556. The molecule has 1 unspecified atom stereocenters. The van der Waals surface area contributed by atoms with E-state index in [4.69, 9.17) is 5.11 Å². The highest BCUT2D eigenvalue weighted by Gasteiger charge is 2.43. The summed E-state index contributed by atoms with van der Waals surface area (Å²) in [6.07, 6.45) is 1.05. The Hall–Kier alpha value is -1.76. The first-order valence-electron chi connectivity index (χ1n) is 8.67. The van der Waals surface area contributed by atoms with Crippen LogP contribution in [0.2, 0.25) is 0 Å². The quantitative estimate of drug-likeness (QED) is 0.796. The summed E-state index contributed by atoms with van der Waals surface area (Å²) in [5, 5.41) is 9.02. The molecule has 2 saturated heterocycles. The van der Waals surface area contributed by atoms with Gasteiger partial charge in [0.15, 0.2) is 0 Å². The monoisotopic (exact) mass is 331 g/mol. The van der Waals surface area contributed by atoms with E-state index in [1.165, 1.54) is 4.90 Å². The molecule has 2 heterocycles. The lowest BCUT2D eigenvalue weighted by atomic mass is 10.1. The molecular weight excluding hydrogens is 306 g/mol. The molecule has 1 aromatic rings. The molecule has 3 rings (SSSR count). The van der Waals surface area contributed by atoms with Gasteiger partial charge in [0.05, 0.1) is 24.8 Å². The summed E-state index contributed by atoms with van der Waals surface area (Å²) in [4.78, 5) is 31.1. The summed E-state index contributed by atoms with van der Waals surface area (Å²) in [7, 11) is 0. The van der Waals surface area contributed by atoms with E-state index in [-0.39, 0.29) is 30.9 Å². The lowest BCUT2D eigenvalue weighted by molar-refractivity contribution is -0.123. The fourth-order valence-corrected chi connectivity index (χ4v) is 3.62. The van der Waals surface area contributed by atoms with Crippen LogP contribution in [0, 0.1) is 0 Å². The van der Waals surface area contributed by atoms with E-state index >= 15 is 0 Å². The minimum Gasteiger partial charge on any atom is -0.395 e. The van der Waals surface area contributed by atoms with Gasteiger partial charge in [-0.05, 0) is 18.1 Å². The zero-order valence-electron chi connectivity index (χ0n) is 14.1. The zero-order valence-corrected chi connectivity index (χ0v) is 14.1. The highest BCUT2D eigenvalue weighted by Crippen LogP contribution is 2.29. The van der Waals surface area contributed by atoms with Crippen molar-refractivity contribution in [2.24, 2.45) is 0 Å². The van der Waals surface area contributed by atoms with Crippen LogP contribution in [-0.2, 0) is 16.0 Å². The van der Waals surface area contributed by atoms with Crippen LogP contribution in [0.5, 0.6) is 0 Å². The van der Waals surface area contributed by atoms with Crippen LogP contribution in [0.15, 0.2) is 24.3 Å². The molecule has 0 aromatic heterocycles. The second kappa shape index (κ2) is 7.42. The van der Waals surface area contributed by atoms with Crippen LogP contribution < -0.4 is 4.90 Å². The Kier molecular flexibility index (Phi) is 5.28. The Balaban J connectivity index is 1.73. The SMILES string of the molecule is CCc1ccccc1N1C(=O)CC(N2CCN(CCO)CC2)C1=O. The maximum Gasteiger partial charge on any atom is 0.251 e. The van der Waals surface area contributed by atoms with Crippen molar-refractivity contribution in [2.45, 2.75) is 25.8 Å². The molecule has 6 nitrogen and oxygen atoms in total. The summed E-state index contributed by atoms with van der Waals surface area (Å²) < 4.78 is 0. The first-order valence-corrected chi connectivity index (χ1v) is 8.67. The van der Waals surface area contributed by atoms with Gasteiger partial charge in [0.25, 0.3) is 5.91 Å². The highest BCUT2D eigenvalue weighted by molar-refractivity contribution is 6.22. The number of imide groups is 1. The van der Waals surface area contributed by atoms with E-state index < -0.39 is 0 Å². The van der Waals surface area contributed by atoms with E-state index in [1.54, 1.807) is 0 Å². The van der Waals surface area contributed by atoms with Gasteiger partial charge in [-0.2, -0.15) is 0 Å². The second-order valence-electron chi connectivity index (χ2n) is 6.37. The number of anilines is 1. The molecule has 130 valence electrons. The van der Waals surface area contributed by atoms with Crippen molar-refractivity contribution in [1.29, 1.82) is 0 Å². The van der Waals surface area contributed by atoms with E-state index in [0.29, 0.717) is 6.54 Å². The molecule has 2 aliphatic rings. The van der Waals surface area contributed by atoms with Gasteiger partial charge in [-0.15, -0.1) is 0 Å². The molecule has 1 atom stereocenters. The average Bonchev–Trinajstić information content (AvgIpc) is 2.90. The Morgan fingerprint density at radius 1 is 1.12 bits per heavy atom. The predicted molar refractivity (Wildman–Crippen MR) is 91.8 cm³/mol. The van der Waals surface area contributed by atoms with E-state index in [0.717, 1.165) is 43.9 Å². The number of rotatable bonds is 5. The maximum atomic E-state index is 12.9. The first-order chi connectivity index (χ1) is 11.7. The van der Waals surface area contributed by atoms with Crippen LogP contribution in [0.1, 0.15) is 18.9 Å². The molecule has 24 heavy (non-hydrogen) atoms. The number of aliphatic hydroxyl groups is 1. The predicted octanol–water partition coefficient (Wildman–Crippen LogP) is 0.491. The minimum atomic E-state index is -0.348. The van der Waals surface area contributed by atoms with Crippen LogP contribution in [0.4, 0.5) is 5.69 Å². The number of amides is 2. The molecule has 0 aliphatic carbocycles. The van der Waals surface area contributed by atoms with E-state index in [9.17, 15) is 9.59 Å². The Morgan fingerprint density at radius 3 is 2.50 bits per heavy atom. The van der Waals surface area contributed by atoms with Crippen LogP contribution in [-0.4, -0.2) is 72.1 Å². The third kappa shape index (κ3) is 3.22. The van der Waals surface area contributed by atoms with Gasteiger partial charge in [-0.25, -0.2) is 4.90 Å². The van der Waals surface area contributed by atoms with Crippen LogP contribution in [0.3, 0.4) is 0 Å². The summed E-state index contributed by atoms with van der Waals surface area (Å²) in [6, 6.07) is 7.28. The zero-order chi connectivity index (χ0) is 17.1. The number of hydrogen-bond acceptors (Lipinski definition) is 5. The molecule has 0 saturated carbocycles. The van der Waals surface area contributed by atoms with Crippen LogP contribution >= 0.6 is 0 Å². The van der Waals surface area contributed by atoms with E-state index in [1.807, 2.05) is 31.2 Å². The van der Waals surface area contributed by atoms with Gasteiger partial charge in [-0.3, -0.25) is 19.4 Å². The molecule has 0 radical (unpaired) electrons. The number of carbonyl (C=O) groups excluding carboxylic acids is 2. The van der Waals surface area contributed by atoms with Crippen molar-refractivity contribution in [3.8, 4) is 0 Å². The topological polar surface area (TPSA) is 64.1 Å². The number of β-amino-alcohol motifs (C(OH)–C–C–N with tert-alkyl or cyclic N) is 1. The smallest absolute Gasteiger partial charge is 0.251 e. The lowest BCUT2D eigenvalue weighted by Gasteiger charge is -2.36. The normalized spacial score (nSPS) is 23.2. The standard InChI is InChI=1S/C18H25N3O3/c1-2-14-5-3-4-6-15(14)21-17(23)13-16(18(21)24)20-9-7-19(8-10-20)11-12-22/h3-6,16,22H,2,7-13H2,1H3. The fourth-order valence-electron chi connectivity index (χ4n) is 3.62. The Bertz CT molecular complexity index is 611. The summed E-state index contributed by atoms with van der Waals surface area (Å²) in [5.74, 6) is -0.208. The highest BCUT2D eigenvalue weighted by atomic mass is 16.3. The number of aryl methyl sites for hydroxylation is 1. The third-order valence-electron chi connectivity index (χ3n) is 5.00. The largest absolute Gasteiger partial charge is 0.395 e. The van der Waals surface area contributed by atoms with Gasteiger partial charge in [-0.1, -0.05) is 25.1 Å². The first kappa shape index (κ1) is 17.1. The average molecular weight is 331 g/mol. The number of aliphatic hydroxyl groups excluding tert-OH is 1.